The van der Waals surface area contributed by atoms with Crippen molar-refractivity contribution in [2.24, 2.45) is 0 Å². The van der Waals surface area contributed by atoms with Gasteiger partial charge in [-0.3, -0.25) is 0 Å². The van der Waals surface area contributed by atoms with Gasteiger partial charge in [-0.2, -0.15) is 0 Å². The van der Waals surface area contributed by atoms with Crippen LogP contribution < -0.4 is 5.31 Å². The van der Waals surface area contributed by atoms with Gasteiger partial charge in [-0.1, -0.05) is 35.9 Å². The maximum absolute atomic E-state index is 10.9. The second-order valence-electron chi connectivity index (χ2n) is 2.02. The molecule has 0 rings (SSSR count). The summed E-state index contributed by atoms with van der Waals surface area (Å²) in [6.07, 6.45) is 3.27. The van der Waals surface area contributed by atoms with Crippen molar-refractivity contribution < 1.29 is 10.9 Å². The molecule has 3 nitrogen and oxygen atoms in total. The number of alkyl halides is 1. The Morgan fingerprint density at radius 2 is 2.58 bits per heavy atom. The third kappa shape index (κ3) is 7.66. The van der Waals surface area contributed by atoms with Crippen molar-refractivity contribution in [1.29, 1.82) is 0 Å². The summed E-state index contributed by atoms with van der Waals surface area (Å²) in [6.45, 7) is 2.39. The van der Waals surface area contributed by atoms with Gasteiger partial charge in [-0.05, 0) is 12.3 Å². The van der Waals surface area contributed by atoms with Crippen molar-refractivity contribution in [2.45, 2.75) is 19.8 Å². The minimum atomic E-state index is -0.703. The predicted molar refractivity (Wildman–Crippen MR) is 56.1 cm³/mol. The summed E-state index contributed by atoms with van der Waals surface area (Å²) in [5, 5.41) is 0.783. The van der Waals surface area contributed by atoms with Crippen LogP contribution in [0.1, 0.15) is 19.8 Å². The minimum Gasteiger partial charge on any atom is -0.356 e. The third-order valence-electron chi connectivity index (χ3n) is 1.03. The summed E-state index contributed by atoms with van der Waals surface area (Å²) in [6, 6.07) is 0. The molecule has 0 saturated carbocycles. The lowest BCUT2D eigenvalue weighted by Gasteiger charge is -1.98. The SMILES string of the molecule is [2H]N(CCCC)C(=O)OC#CCI. The molecular formula is C8H12INO2. The van der Waals surface area contributed by atoms with Gasteiger partial charge in [0.05, 0.1) is 4.43 Å². The molecule has 0 bridgehead atoms. The van der Waals surface area contributed by atoms with Gasteiger partial charge in [-0.15, -0.1) is 0 Å². The number of nitrogens with one attached hydrogen (secondary N) is 1. The van der Waals surface area contributed by atoms with Crippen molar-refractivity contribution in [2.75, 3.05) is 11.0 Å². The average molecular weight is 282 g/mol. The van der Waals surface area contributed by atoms with Crippen LogP contribution >= 0.6 is 22.6 Å². The van der Waals surface area contributed by atoms with Crippen LogP contribution in [0.25, 0.3) is 0 Å². The molecule has 0 fully saturated rings. The molecule has 1 N–H and O–H groups in total. The summed E-state index contributed by atoms with van der Waals surface area (Å²) in [5.41, 5.74) is 0. The van der Waals surface area contributed by atoms with E-state index in [0.717, 1.165) is 18.2 Å². The van der Waals surface area contributed by atoms with Gasteiger partial charge in [0.15, 0.2) is 1.41 Å². The highest BCUT2D eigenvalue weighted by Crippen LogP contribution is 1.83. The van der Waals surface area contributed by atoms with E-state index in [2.05, 4.69) is 16.8 Å². The van der Waals surface area contributed by atoms with E-state index in [1.807, 2.05) is 29.5 Å². The highest BCUT2D eigenvalue weighted by atomic mass is 127. The van der Waals surface area contributed by atoms with Crippen molar-refractivity contribution in [3.05, 3.63) is 0 Å². The lowest BCUT2D eigenvalue weighted by Crippen LogP contribution is -2.23. The van der Waals surface area contributed by atoms with E-state index in [1.54, 1.807) is 0 Å². The summed E-state index contributed by atoms with van der Waals surface area (Å²) in [5.74, 6) is 2.57. The zero-order chi connectivity index (χ0) is 10.1. The van der Waals surface area contributed by atoms with Crippen molar-refractivity contribution in [1.82, 2.24) is 5.31 Å². The van der Waals surface area contributed by atoms with E-state index in [9.17, 15) is 4.79 Å². The molecule has 0 aromatic heterocycles. The van der Waals surface area contributed by atoms with Crippen LogP contribution in [0.2, 0.25) is 1.41 Å². The number of amides is 1. The number of carbonyl (C=O) groups excluding carboxylic acids is 1. The molecule has 0 spiro atoms. The van der Waals surface area contributed by atoms with E-state index in [-0.39, 0.29) is 0 Å². The Bertz CT molecular complexity index is 212. The first kappa shape index (κ1) is 9.65. The van der Waals surface area contributed by atoms with Crippen molar-refractivity contribution in [3.63, 3.8) is 0 Å². The van der Waals surface area contributed by atoms with Crippen LogP contribution in [-0.4, -0.2) is 17.1 Å². The molecule has 68 valence electrons. The molecule has 0 unspecified atom stereocenters. The molecule has 0 heterocycles. The molecular weight excluding hydrogens is 269 g/mol. The maximum Gasteiger partial charge on any atom is 0.421 e. The molecule has 0 atom stereocenters. The molecule has 12 heavy (non-hydrogen) atoms. The molecule has 0 aliphatic carbocycles. The first-order valence-electron chi connectivity index (χ1n) is 4.18. The van der Waals surface area contributed by atoms with Gasteiger partial charge in [0, 0.05) is 6.54 Å². The number of ether oxygens (including phenoxy) is 1. The van der Waals surface area contributed by atoms with E-state index in [1.165, 1.54) is 0 Å². The van der Waals surface area contributed by atoms with Gasteiger partial charge in [0.2, 0.25) is 0 Å². The lowest BCUT2D eigenvalue weighted by atomic mass is 10.3. The smallest absolute Gasteiger partial charge is 0.356 e. The summed E-state index contributed by atoms with van der Waals surface area (Å²) in [7, 11) is 0. The fourth-order valence-corrected chi connectivity index (χ4v) is 0.623. The van der Waals surface area contributed by atoms with Gasteiger partial charge < -0.3 is 10.0 Å². The Labute approximate surface area is 87.8 Å². The number of halogens is 1. The zero-order valence-corrected chi connectivity index (χ0v) is 9.13. The Hall–Kier alpha value is -0.440. The Kier molecular flexibility index (Phi) is 6.96. The van der Waals surface area contributed by atoms with Gasteiger partial charge in [-0.25, -0.2) is 4.79 Å². The van der Waals surface area contributed by atoms with E-state index in [0.29, 0.717) is 11.0 Å². The average Bonchev–Trinajstić information content (AvgIpc) is 2.14. The topological polar surface area (TPSA) is 38.3 Å². The standard InChI is InChI=1S/C8H12INO2/c1-2-3-6-10-8(11)12-7-4-5-9/h2-3,5-6H2,1H3,(H,10,11)/i/hD. The Morgan fingerprint density at radius 3 is 3.17 bits per heavy atom. The molecule has 0 aromatic rings. The summed E-state index contributed by atoms with van der Waals surface area (Å²) < 4.78 is 12.3. The van der Waals surface area contributed by atoms with Crippen molar-refractivity contribution in [3.8, 4) is 12.0 Å². The molecule has 1 amide bonds. The number of unbranched alkanes of at least 4 members (excludes halogenated alkanes) is 1. The first-order chi connectivity index (χ1) is 6.22. The largest absolute Gasteiger partial charge is 0.421 e. The molecule has 0 aliphatic heterocycles. The van der Waals surface area contributed by atoms with Crippen molar-refractivity contribution >= 4 is 28.7 Å². The van der Waals surface area contributed by atoms with Crippen LogP contribution in [0.3, 0.4) is 0 Å². The molecule has 0 radical (unpaired) electrons. The van der Waals surface area contributed by atoms with Crippen LogP contribution in [0.15, 0.2) is 0 Å². The number of carbonyl (C=O) groups is 1. The minimum absolute atomic E-state index is 0.390. The Morgan fingerprint density at radius 1 is 1.83 bits per heavy atom. The third-order valence-corrected chi connectivity index (χ3v) is 1.41. The number of rotatable bonds is 3. The lowest BCUT2D eigenvalue weighted by molar-refractivity contribution is 0.191. The van der Waals surface area contributed by atoms with E-state index < -0.39 is 6.09 Å². The molecule has 0 aliphatic rings. The van der Waals surface area contributed by atoms with Crippen LogP contribution in [-0.2, 0) is 4.74 Å². The fraction of sp³-hybridized carbons (Fsp3) is 0.625. The summed E-state index contributed by atoms with van der Waals surface area (Å²) in [4.78, 5) is 10.9. The second kappa shape index (κ2) is 8.65. The van der Waals surface area contributed by atoms with Crippen LogP contribution in [0.4, 0.5) is 4.79 Å². The second-order valence-corrected chi connectivity index (χ2v) is 2.78. The number of hydrogen-bond donors (Lipinski definition) is 1. The monoisotopic (exact) mass is 282 g/mol. The van der Waals surface area contributed by atoms with Crippen LogP contribution in [0, 0.1) is 12.0 Å². The van der Waals surface area contributed by atoms with Crippen LogP contribution in [0.5, 0.6) is 0 Å². The Balaban J connectivity index is 3.69. The summed E-state index contributed by atoms with van der Waals surface area (Å²) >= 11 is 2.05. The first-order valence-corrected chi connectivity index (χ1v) is 5.26. The van der Waals surface area contributed by atoms with Gasteiger partial charge in [0.1, 0.15) is 6.11 Å². The fourth-order valence-electron chi connectivity index (χ4n) is 0.468. The number of hydrogen-bond acceptors (Lipinski definition) is 2. The molecule has 0 saturated heterocycles. The molecule has 0 aromatic carbocycles. The highest BCUT2D eigenvalue weighted by molar-refractivity contribution is 14.1. The zero-order valence-electron chi connectivity index (χ0n) is 7.97. The quantitative estimate of drug-likeness (QED) is 0.488. The number of alkyl carbamates (subject to hydrolysis) is 1. The van der Waals surface area contributed by atoms with Gasteiger partial charge >= 0.3 is 6.09 Å². The highest BCUT2D eigenvalue weighted by Gasteiger charge is 1.96. The van der Waals surface area contributed by atoms with Gasteiger partial charge in [0.25, 0.3) is 0 Å². The van der Waals surface area contributed by atoms with E-state index in [4.69, 9.17) is 1.41 Å². The molecule has 4 heteroatoms. The maximum atomic E-state index is 10.9. The normalized spacial score (nSPS) is 9.33. The predicted octanol–water partition coefficient (Wildman–Crippen LogP) is 1.91. The van der Waals surface area contributed by atoms with E-state index >= 15 is 0 Å².